The van der Waals surface area contributed by atoms with Crippen molar-refractivity contribution in [3.63, 3.8) is 0 Å². The smallest absolute Gasteiger partial charge is 0.261 e. The predicted octanol–water partition coefficient (Wildman–Crippen LogP) is 5.91. The third kappa shape index (κ3) is 10.1. The molecule has 0 saturated heterocycles. The number of likely N-dealkylation sites (N-methyl/N-ethyl adjacent to an activating group) is 1. The number of amides is 1. The summed E-state index contributed by atoms with van der Waals surface area (Å²) in [6.45, 7) is 5.55. The number of rotatable bonds is 9. The van der Waals surface area contributed by atoms with Gasteiger partial charge in [-0.3, -0.25) is 9.52 Å². The van der Waals surface area contributed by atoms with Crippen LogP contribution in [-0.4, -0.2) is 88.7 Å². The van der Waals surface area contributed by atoms with Crippen molar-refractivity contribution in [3.05, 3.63) is 82.3 Å². The van der Waals surface area contributed by atoms with E-state index in [-0.39, 0.29) is 52.6 Å². The zero-order valence-electron chi connectivity index (χ0n) is 27.9. The molecule has 1 aliphatic heterocycles. The van der Waals surface area contributed by atoms with Gasteiger partial charge in [0.2, 0.25) is 10.0 Å². The number of aliphatic hydroxyl groups excluding tert-OH is 1. The lowest BCUT2D eigenvalue weighted by atomic mass is 10.0. The van der Waals surface area contributed by atoms with Crippen molar-refractivity contribution in [1.29, 1.82) is 0 Å². The summed E-state index contributed by atoms with van der Waals surface area (Å²) in [5.74, 6) is -0.617. The SMILES string of the molecule is C[C@H]1CCCCO[C@H](CN(C)S(=O)(=O)c2ccc(Cl)cc2)[C@@H](C)CN([C@@H](C)CO)C(=O)c2cc(NS(=O)(=O)c3ccc(Cl)cc3)ccc2O1. The van der Waals surface area contributed by atoms with Crippen LogP contribution in [0.2, 0.25) is 10.0 Å². The Labute approximate surface area is 299 Å². The van der Waals surface area contributed by atoms with E-state index in [0.29, 0.717) is 29.5 Å². The third-order valence-corrected chi connectivity index (χ3v) is 12.1. The standard InChI is InChI=1S/C34H43Cl2N3O8S2/c1-23-20-39(24(2)22-40)34(41)31-19-28(37-48(42,43)29-13-8-26(35)9-14-29)12-17-32(31)47-25(3)7-5-6-18-46-33(23)21-38(4)49(44,45)30-15-10-27(36)11-16-30/h8-17,19,23-25,33,37,40H,5-7,18,20-22H2,1-4H3/t23-,24-,25-,33+/m0/s1. The first-order valence-electron chi connectivity index (χ1n) is 16.0. The molecule has 268 valence electrons. The van der Waals surface area contributed by atoms with E-state index in [9.17, 15) is 26.7 Å². The number of halogens is 2. The first-order chi connectivity index (χ1) is 23.1. The summed E-state index contributed by atoms with van der Waals surface area (Å²) in [6, 6.07) is 15.5. The molecular weight excluding hydrogens is 713 g/mol. The van der Waals surface area contributed by atoms with Gasteiger partial charge in [0.05, 0.1) is 40.2 Å². The summed E-state index contributed by atoms with van der Waals surface area (Å²) < 4.78 is 69.5. The van der Waals surface area contributed by atoms with Gasteiger partial charge < -0.3 is 19.5 Å². The van der Waals surface area contributed by atoms with Crippen LogP contribution < -0.4 is 9.46 Å². The molecule has 1 amide bonds. The van der Waals surface area contributed by atoms with Crippen molar-refractivity contribution in [2.75, 3.05) is 38.1 Å². The van der Waals surface area contributed by atoms with Crippen LogP contribution in [-0.2, 0) is 24.8 Å². The topological polar surface area (TPSA) is 143 Å². The van der Waals surface area contributed by atoms with E-state index in [1.807, 2.05) is 13.8 Å². The molecule has 1 aliphatic rings. The monoisotopic (exact) mass is 755 g/mol. The van der Waals surface area contributed by atoms with Gasteiger partial charge in [0.25, 0.3) is 15.9 Å². The highest BCUT2D eigenvalue weighted by atomic mass is 35.5. The maximum atomic E-state index is 14.4. The van der Waals surface area contributed by atoms with Crippen LogP contribution in [0.1, 0.15) is 50.4 Å². The van der Waals surface area contributed by atoms with Gasteiger partial charge in [-0.1, -0.05) is 30.1 Å². The number of nitrogens with zero attached hydrogens (tertiary/aromatic N) is 2. The van der Waals surface area contributed by atoms with Gasteiger partial charge in [-0.2, -0.15) is 4.31 Å². The molecule has 3 aromatic rings. The maximum absolute atomic E-state index is 14.4. The third-order valence-electron chi connectivity index (χ3n) is 8.39. The zero-order chi connectivity index (χ0) is 35.9. The Kier molecular flexibility index (Phi) is 13.4. The lowest BCUT2D eigenvalue weighted by molar-refractivity contribution is -0.00833. The molecule has 15 heteroatoms. The van der Waals surface area contributed by atoms with E-state index in [4.69, 9.17) is 32.7 Å². The van der Waals surface area contributed by atoms with E-state index < -0.39 is 44.0 Å². The molecule has 4 rings (SSSR count). The quantitative estimate of drug-likeness (QED) is 0.275. The number of hydrogen-bond donors (Lipinski definition) is 2. The summed E-state index contributed by atoms with van der Waals surface area (Å²) in [4.78, 5) is 15.9. The van der Waals surface area contributed by atoms with Gasteiger partial charge in [-0.25, -0.2) is 16.8 Å². The van der Waals surface area contributed by atoms with Crippen molar-refractivity contribution >= 4 is 54.8 Å². The number of ether oxygens (including phenoxy) is 2. The molecule has 1 heterocycles. The van der Waals surface area contributed by atoms with Crippen molar-refractivity contribution in [2.24, 2.45) is 5.92 Å². The minimum absolute atomic E-state index is 0.00776. The fraction of sp³-hybridized carbons (Fsp3) is 0.441. The number of fused-ring (bicyclic) bond motifs is 1. The van der Waals surface area contributed by atoms with Gasteiger partial charge in [0.15, 0.2) is 0 Å². The second-order valence-corrected chi connectivity index (χ2v) is 16.9. The van der Waals surface area contributed by atoms with Crippen LogP contribution in [0, 0.1) is 5.92 Å². The number of aliphatic hydroxyl groups is 1. The number of sulfonamides is 2. The van der Waals surface area contributed by atoms with E-state index in [1.54, 1.807) is 13.0 Å². The number of anilines is 1. The molecule has 0 spiro atoms. The molecule has 4 atom stereocenters. The second-order valence-electron chi connectivity index (χ2n) is 12.3. The van der Waals surface area contributed by atoms with Crippen molar-refractivity contribution in [1.82, 2.24) is 9.21 Å². The van der Waals surface area contributed by atoms with Crippen LogP contribution in [0.3, 0.4) is 0 Å². The number of nitrogens with one attached hydrogen (secondary N) is 1. The first kappa shape index (κ1) is 38.9. The molecule has 49 heavy (non-hydrogen) atoms. The average Bonchev–Trinajstić information content (AvgIpc) is 3.06. The van der Waals surface area contributed by atoms with Gasteiger partial charge in [0.1, 0.15) is 5.75 Å². The summed E-state index contributed by atoms with van der Waals surface area (Å²) in [6.07, 6.45) is 1.18. The predicted molar refractivity (Wildman–Crippen MR) is 190 cm³/mol. The van der Waals surface area contributed by atoms with E-state index >= 15 is 0 Å². The minimum Gasteiger partial charge on any atom is -0.490 e. The Morgan fingerprint density at radius 3 is 2.18 bits per heavy atom. The fourth-order valence-corrected chi connectivity index (χ4v) is 7.90. The lowest BCUT2D eigenvalue weighted by Crippen LogP contribution is -2.48. The molecule has 0 radical (unpaired) electrons. The largest absolute Gasteiger partial charge is 0.490 e. The highest BCUT2D eigenvalue weighted by Crippen LogP contribution is 2.30. The summed E-state index contributed by atoms with van der Waals surface area (Å²) in [5.41, 5.74) is 0.243. The number of benzene rings is 3. The van der Waals surface area contributed by atoms with E-state index in [0.717, 1.165) is 6.42 Å². The van der Waals surface area contributed by atoms with Crippen LogP contribution in [0.15, 0.2) is 76.5 Å². The molecular formula is C34H43Cl2N3O8S2. The molecule has 0 saturated carbocycles. The summed E-state index contributed by atoms with van der Waals surface area (Å²) in [7, 11) is -6.42. The van der Waals surface area contributed by atoms with Gasteiger partial charge in [0, 0.05) is 48.4 Å². The Morgan fingerprint density at radius 2 is 1.57 bits per heavy atom. The Bertz CT molecular complexity index is 1790. The Balaban J connectivity index is 1.67. The van der Waals surface area contributed by atoms with E-state index in [1.165, 1.54) is 76.9 Å². The minimum atomic E-state index is -4.02. The van der Waals surface area contributed by atoms with Gasteiger partial charge >= 0.3 is 0 Å². The fourth-order valence-electron chi connectivity index (χ4n) is 5.41. The molecule has 0 aliphatic carbocycles. The normalized spacial score (nSPS) is 20.6. The molecule has 0 unspecified atom stereocenters. The summed E-state index contributed by atoms with van der Waals surface area (Å²) >= 11 is 11.9. The number of carbonyl (C=O) groups is 1. The zero-order valence-corrected chi connectivity index (χ0v) is 31.0. The van der Waals surface area contributed by atoms with Crippen molar-refractivity contribution in [2.45, 2.75) is 68.1 Å². The van der Waals surface area contributed by atoms with Crippen molar-refractivity contribution in [3.8, 4) is 5.75 Å². The number of hydrogen-bond acceptors (Lipinski definition) is 8. The average molecular weight is 757 g/mol. The van der Waals surface area contributed by atoms with Crippen LogP contribution in [0.5, 0.6) is 5.75 Å². The highest BCUT2D eigenvalue weighted by molar-refractivity contribution is 7.92. The Morgan fingerprint density at radius 1 is 0.959 bits per heavy atom. The first-order valence-corrected chi connectivity index (χ1v) is 19.6. The molecule has 0 aromatic heterocycles. The second kappa shape index (κ2) is 16.9. The van der Waals surface area contributed by atoms with Crippen LogP contribution in [0.4, 0.5) is 5.69 Å². The van der Waals surface area contributed by atoms with Crippen LogP contribution >= 0.6 is 23.2 Å². The molecule has 3 aromatic carbocycles. The number of carbonyl (C=O) groups excluding carboxylic acids is 1. The lowest BCUT2D eigenvalue weighted by Gasteiger charge is -2.35. The molecule has 11 nitrogen and oxygen atoms in total. The molecule has 0 bridgehead atoms. The highest BCUT2D eigenvalue weighted by Gasteiger charge is 2.32. The van der Waals surface area contributed by atoms with Crippen molar-refractivity contribution < 1.29 is 36.2 Å². The van der Waals surface area contributed by atoms with Gasteiger partial charge in [-0.15, -0.1) is 0 Å². The maximum Gasteiger partial charge on any atom is 0.261 e. The van der Waals surface area contributed by atoms with E-state index in [2.05, 4.69) is 4.72 Å². The molecule has 2 N–H and O–H groups in total. The molecule has 0 fully saturated rings. The summed E-state index contributed by atoms with van der Waals surface area (Å²) in [5, 5.41) is 11.0. The van der Waals surface area contributed by atoms with Gasteiger partial charge in [-0.05, 0) is 99.8 Å². The Hall–Kier alpha value is -2.91. The van der Waals surface area contributed by atoms with Crippen LogP contribution in [0.25, 0.3) is 0 Å².